The summed E-state index contributed by atoms with van der Waals surface area (Å²) in [5.41, 5.74) is 1.08. The molecule has 0 amide bonds. The molecule has 3 heteroatoms. The normalized spacial score (nSPS) is 10.3. The topological polar surface area (TPSA) is 30.5 Å². The molecule has 0 aromatic carbocycles. The van der Waals surface area contributed by atoms with Crippen molar-refractivity contribution in [1.29, 1.82) is 0 Å². The maximum atomic E-state index is 5.33. The van der Waals surface area contributed by atoms with Crippen molar-refractivity contribution in [3.05, 3.63) is 12.2 Å². The lowest BCUT2D eigenvalue weighted by atomic mass is 10.3. The Bertz CT molecular complexity index is 126. The molecule has 0 fully saturated rings. The van der Waals surface area contributed by atoms with Gasteiger partial charge in [-0.25, -0.2) is 0 Å². The molecular weight excluding hydrogens is 166 g/mol. The van der Waals surface area contributed by atoms with E-state index in [9.17, 15) is 0 Å². The molecule has 0 rings (SSSR count). The van der Waals surface area contributed by atoms with Gasteiger partial charge in [0, 0.05) is 13.2 Å². The van der Waals surface area contributed by atoms with Crippen LogP contribution < -0.4 is 5.32 Å². The summed E-state index contributed by atoms with van der Waals surface area (Å²) < 4.78 is 10.5. The first-order chi connectivity index (χ1) is 6.31. The minimum atomic E-state index is 0.625. The lowest BCUT2D eigenvalue weighted by Gasteiger charge is -2.07. The van der Waals surface area contributed by atoms with Crippen molar-refractivity contribution < 1.29 is 9.47 Å². The van der Waals surface area contributed by atoms with Gasteiger partial charge in [0.15, 0.2) is 0 Å². The van der Waals surface area contributed by atoms with E-state index in [1.165, 1.54) is 0 Å². The quantitative estimate of drug-likeness (QED) is 0.434. The Kier molecular flexibility index (Phi) is 9.42. The molecule has 0 aliphatic carbocycles. The summed E-state index contributed by atoms with van der Waals surface area (Å²) in [6, 6.07) is 0. The van der Waals surface area contributed by atoms with Crippen LogP contribution in [0.25, 0.3) is 0 Å². The van der Waals surface area contributed by atoms with E-state index in [1.54, 1.807) is 0 Å². The van der Waals surface area contributed by atoms with E-state index < -0.39 is 0 Å². The second-order valence-corrected chi connectivity index (χ2v) is 2.78. The number of likely N-dealkylation sites (N-methyl/N-ethyl adjacent to an activating group) is 1. The van der Waals surface area contributed by atoms with Crippen molar-refractivity contribution in [3.63, 3.8) is 0 Å². The molecular formula is C10H21NO2. The van der Waals surface area contributed by atoms with Crippen molar-refractivity contribution in [2.75, 3.05) is 39.5 Å². The van der Waals surface area contributed by atoms with E-state index in [0.29, 0.717) is 19.8 Å². The van der Waals surface area contributed by atoms with E-state index in [0.717, 1.165) is 25.3 Å². The fraction of sp³-hybridized carbons (Fsp3) is 0.800. The van der Waals surface area contributed by atoms with E-state index in [-0.39, 0.29) is 0 Å². The average Bonchev–Trinajstić information content (AvgIpc) is 2.14. The summed E-state index contributed by atoms with van der Waals surface area (Å²) in [6.07, 6.45) is 0. The SMILES string of the molecule is C=C(CNCC)COCCOCC. The van der Waals surface area contributed by atoms with Crippen molar-refractivity contribution >= 4 is 0 Å². The average molecular weight is 187 g/mol. The van der Waals surface area contributed by atoms with Gasteiger partial charge in [0.05, 0.1) is 19.8 Å². The Morgan fingerprint density at radius 2 is 1.92 bits per heavy atom. The Morgan fingerprint density at radius 3 is 2.54 bits per heavy atom. The zero-order valence-corrected chi connectivity index (χ0v) is 8.77. The summed E-state index contributed by atoms with van der Waals surface area (Å²) in [5, 5.41) is 3.19. The zero-order chi connectivity index (χ0) is 9.94. The number of nitrogens with one attached hydrogen (secondary N) is 1. The second kappa shape index (κ2) is 9.71. The van der Waals surface area contributed by atoms with Gasteiger partial charge in [-0.05, 0) is 19.0 Å². The van der Waals surface area contributed by atoms with Gasteiger partial charge in [0.2, 0.25) is 0 Å². The third kappa shape index (κ3) is 9.53. The van der Waals surface area contributed by atoms with Crippen LogP contribution in [0, 0.1) is 0 Å². The van der Waals surface area contributed by atoms with Gasteiger partial charge < -0.3 is 14.8 Å². The van der Waals surface area contributed by atoms with Crippen LogP contribution in [0.1, 0.15) is 13.8 Å². The fourth-order valence-corrected chi connectivity index (χ4v) is 0.832. The first-order valence-electron chi connectivity index (χ1n) is 4.84. The van der Waals surface area contributed by atoms with Crippen molar-refractivity contribution in [3.8, 4) is 0 Å². The maximum Gasteiger partial charge on any atom is 0.0704 e. The molecule has 0 heterocycles. The molecule has 1 N–H and O–H groups in total. The van der Waals surface area contributed by atoms with Gasteiger partial charge >= 0.3 is 0 Å². The van der Waals surface area contributed by atoms with E-state index in [1.807, 2.05) is 6.92 Å². The molecule has 0 saturated carbocycles. The van der Waals surface area contributed by atoms with Gasteiger partial charge in [-0.3, -0.25) is 0 Å². The minimum Gasteiger partial charge on any atom is -0.379 e. The van der Waals surface area contributed by atoms with Crippen LogP contribution in [0.3, 0.4) is 0 Å². The fourth-order valence-electron chi connectivity index (χ4n) is 0.832. The van der Waals surface area contributed by atoms with Crippen LogP contribution in [0.5, 0.6) is 0 Å². The molecule has 0 aliphatic rings. The van der Waals surface area contributed by atoms with Crippen LogP contribution >= 0.6 is 0 Å². The van der Waals surface area contributed by atoms with Crippen LogP contribution in [-0.2, 0) is 9.47 Å². The molecule has 0 aromatic heterocycles. The summed E-state index contributed by atoms with van der Waals surface area (Å²) in [7, 11) is 0. The molecule has 0 aromatic rings. The lowest BCUT2D eigenvalue weighted by molar-refractivity contribution is 0.0617. The maximum absolute atomic E-state index is 5.33. The second-order valence-electron chi connectivity index (χ2n) is 2.78. The third-order valence-electron chi connectivity index (χ3n) is 1.51. The Balaban J connectivity index is 3.08. The lowest BCUT2D eigenvalue weighted by Crippen LogP contribution is -2.18. The van der Waals surface area contributed by atoms with Gasteiger partial charge in [-0.15, -0.1) is 0 Å². The van der Waals surface area contributed by atoms with Crippen molar-refractivity contribution in [2.24, 2.45) is 0 Å². The predicted molar refractivity (Wildman–Crippen MR) is 55.0 cm³/mol. The van der Waals surface area contributed by atoms with E-state index in [4.69, 9.17) is 9.47 Å². The Morgan fingerprint density at radius 1 is 1.23 bits per heavy atom. The minimum absolute atomic E-state index is 0.625. The standard InChI is InChI=1S/C10H21NO2/c1-4-11-8-10(3)9-13-7-6-12-5-2/h11H,3-9H2,1-2H3. The van der Waals surface area contributed by atoms with Gasteiger partial charge in [-0.1, -0.05) is 13.5 Å². The first-order valence-corrected chi connectivity index (χ1v) is 4.84. The highest BCUT2D eigenvalue weighted by molar-refractivity contribution is 4.96. The number of hydrogen-bond donors (Lipinski definition) is 1. The van der Waals surface area contributed by atoms with Crippen LogP contribution in [0.15, 0.2) is 12.2 Å². The van der Waals surface area contributed by atoms with E-state index in [2.05, 4.69) is 18.8 Å². The molecule has 0 spiro atoms. The van der Waals surface area contributed by atoms with Gasteiger partial charge in [0.1, 0.15) is 0 Å². The predicted octanol–water partition coefficient (Wildman–Crippen LogP) is 1.21. The molecule has 0 radical (unpaired) electrons. The van der Waals surface area contributed by atoms with Crippen molar-refractivity contribution in [1.82, 2.24) is 5.32 Å². The molecule has 0 aliphatic heterocycles. The zero-order valence-electron chi connectivity index (χ0n) is 8.77. The highest BCUT2D eigenvalue weighted by Crippen LogP contribution is 1.89. The number of hydrogen-bond acceptors (Lipinski definition) is 3. The largest absolute Gasteiger partial charge is 0.379 e. The highest BCUT2D eigenvalue weighted by Gasteiger charge is 1.93. The van der Waals surface area contributed by atoms with E-state index >= 15 is 0 Å². The summed E-state index contributed by atoms with van der Waals surface area (Å²) >= 11 is 0. The summed E-state index contributed by atoms with van der Waals surface area (Å²) in [5.74, 6) is 0. The molecule has 3 nitrogen and oxygen atoms in total. The smallest absolute Gasteiger partial charge is 0.0704 e. The molecule has 13 heavy (non-hydrogen) atoms. The van der Waals surface area contributed by atoms with Crippen LogP contribution in [-0.4, -0.2) is 39.5 Å². The van der Waals surface area contributed by atoms with Gasteiger partial charge in [-0.2, -0.15) is 0 Å². The van der Waals surface area contributed by atoms with Crippen LogP contribution in [0.4, 0.5) is 0 Å². The number of rotatable bonds is 9. The summed E-state index contributed by atoms with van der Waals surface area (Å²) in [4.78, 5) is 0. The first kappa shape index (κ1) is 12.6. The molecule has 0 unspecified atom stereocenters. The number of ether oxygens (including phenoxy) is 2. The van der Waals surface area contributed by atoms with Crippen molar-refractivity contribution in [2.45, 2.75) is 13.8 Å². The van der Waals surface area contributed by atoms with Crippen LogP contribution in [0.2, 0.25) is 0 Å². The molecule has 0 bridgehead atoms. The monoisotopic (exact) mass is 187 g/mol. The molecule has 0 saturated heterocycles. The molecule has 78 valence electrons. The van der Waals surface area contributed by atoms with Gasteiger partial charge in [0.25, 0.3) is 0 Å². The third-order valence-corrected chi connectivity index (χ3v) is 1.51. The summed E-state index contributed by atoms with van der Waals surface area (Å²) in [6.45, 7) is 12.4. The molecule has 0 atom stereocenters. The Labute approximate surface area is 81.1 Å². The Hall–Kier alpha value is -0.380. The highest BCUT2D eigenvalue weighted by atomic mass is 16.5.